The number of thiophene rings is 1. The van der Waals surface area contributed by atoms with Crippen LogP contribution >= 0.6 is 11.3 Å². The van der Waals surface area contributed by atoms with Crippen molar-refractivity contribution in [3.05, 3.63) is 65.3 Å². The fraction of sp³-hybridized carbons (Fsp3) is 0.211. The van der Waals surface area contributed by atoms with Crippen LogP contribution in [-0.2, 0) is 17.6 Å². The molecule has 0 radical (unpaired) electrons. The van der Waals surface area contributed by atoms with Crippen molar-refractivity contribution in [2.24, 2.45) is 0 Å². The predicted molar refractivity (Wildman–Crippen MR) is 100 cm³/mol. The monoisotopic (exact) mass is 366 g/mol. The third kappa shape index (κ3) is 3.52. The predicted octanol–water partition coefficient (Wildman–Crippen LogP) is 3.26. The Balaban J connectivity index is 1.33. The fourth-order valence-electron chi connectivity index (χ4n) is 2.75. The number of pyridine rings is 1. The van der Waals surface area contributed by atoms with E-state index in [4.69, 9.17) is 4.42 Å². The van der Waals surface area contributed by atoms with E-state index in [9.17, 15) is 4.79 Å². The van der Waals surface area contributed by atoms with Crippen molar-refractivity contribution in [1.29, 1.82) is 0 Å². The molecule has 0 aromatic carbocycles. The van der Waals surface area contributed by atoms with Crippen molar-refractivity contribution in [2.75, 3.05) is 6.54 Å². The maximum absolute atomic E-state index is 12.2. The summed E-state index contributed by atoms with van der Waals surface area (Å²) in [6, 6.07) is 9.78. The number of carbonyl (C=O) groups excluding carboxylic acids is 1. The first-order valence-corrected chi connectivity index (χ1v) is 9.26. The lowest BCUT2D eigenvalue weighted by atomic mass is 10.2. The molecule has 0 aliphatic heterocycles. The Morgan fingerprint density at radius 3 is 3.00 bits per heavy atom. The van der Waals surface area contributed by atoms with E-state index < -0.39 is 0 Å². The van der Waals surface area contributed by atoms with Crippen LogP contribution < -0.4 is 5.32 Å². The molecular weight excluding hydrogens is 348 g/mol. The average molecular weight is 366 g/mol. The molecule has 0 fully saturated rings. The number of hydrogen-bond donors (Lipinski definition) is 1. The number of imidazole rings is 1. The van der Waals surface area contributed by atoms with E-state index in [0.29, 0.717) is 30.3 Å². The molecule has 0 unspecified atom stereocenters. The van der Waals surface area contributed by atoms with Crippen LogP contribution in [0.15, 0.2) is 52.5 Å². The fourth-order valence-corrected chi connectivity index (χ4v) is 3.40. The van der Waals surface area contributed by atoms with Gasteiger partial charge < -0.3 is 14.1 Å². The topological polar surface area (TPSA) is 72.4 Å². The average Bonchev–Trinajstić information content (AvgIpc) is 3.35. The van der Waals surface area contributed by atoms with Crippen molar-refractivity contribution in [1.82, 2.24) is 19.7 Å². The van der Waals surface area contributed by atoms with Crippen molar-refractivity contribution in [3.8, 4) is 10.8 Å². The molecule has 132 valence electrons. The van der Waals surface area contributed by atoms with Gasteiger partial charge in [0.25, 0.3) is 0 Å². The molecule has 1 N–H and O–H groups in total. The molecular formula is C19H18N4O2S. The van der Waals surface area contributed by atoms with Gasteiger partial charge in [-0.05, 0) is 30.5 Å². The number of hydrogen-bond acceptors (Lipinski definition) is 5. The van der Waals surface area contributed by atoms with E-state index in [2.05, 4.69) is 15.3 Å². The standard InChI is InChI=1S/C19H18N4O2S/c1-13-15(22-19(25-13)16-5-4-10-26-16)11-18(24)20-8-7-14-12-23-9-3-2-6-17(23)21-14/h2-6,9-10,12H,7-8,11H2,1H3,(H,20,24). The van der Waals surface area contributed by atoms with Crippen LogP contribution in [0.25, 0.3) is 16.4 Å². The Morgan fingerprint density at radius 1 is 1.27 bits per heavy atom. The largest absolute Gasteiger partial charge is 0.440 e. The summed E-state index contributed by atoms with van der Waals surface area (Å²) in [5.41, 5.74) is 2.54. The second-order valence-electron chi connectivity index (χ2n) is 5.97. The minimum absolute atomic E-state index is 0.0668. The third-order valence-electron chi connectivity index (χ3n) is 4.07. The van der Waals surface area contributed by atoms with Crippen LogP contribution in [-0.4, -0.2) is 26.8 Å². The number of nitrogens with zero attached hydrogens (tertiary/aromatic N) is 3. The number of carbonyl (C=O) groups is 1. The van der Waals surface area contributed by atoms with Crippen molar-refractivity contribution in [2.45, 2.75) is 19.8 Å². The molecule has 4 heterocycles. The Morgan fingerprint density at radius 2 is 2.19 bits per heavy atom. The number of rotatable bonds is 6. The first kappa shape index (κ1) is 16.5. The van der Waals surface area contributed by atoms with Crippen LogP contribution in [0.4, 0.5) is 0 Å². The number of nitrogens with one attached hydrogen (secondary N) is 1. The summed E-state index contributed by atoms with van der Waals surface area (Å²) < 4.78 is 7.65. The molecule has 0 saturated heterocycles. The van der Waals surface area contributed by atoms with Gasteiger partial charge in [0.2, 0.25) is 11.8 Å². The SMILES string of the molecule is Cc1oc(-c2cccs2)nc1CC(=O)NCCc1cn2ccccc2n1. The number of aryl methyl sites for hydroxylation is 1. The number of oxazole rings is 1. The summed E-state index contributed by atoms with van der Waals surface area (Å²) in [5.74, 6) is 1.19. The molecule has 0 atom stereocenters. The maximum atomic E-state index is 12.2. The lowest BCUT2D eigenvalue weighted by Crippen LogP contribution is -2.27. The van der Waals surface area contributed by atoms with Crippen molar-refractivity contribution < 1.29 is 9.21 Å². The molecule has 4 aromatic heterocycles. The molecule has 1 amide bonds. The van der Waals surface area contributed by atoms with E-state index >= 15 is 0 Å². The lowest BCUT2D eigenvalue weighted by Gasteiger charge is -2.02. The van der Waals surface area contributed by atoms with Gasteiger partial charge in [0.05, 0.1) is 22.7 Å². The highest BCUT2D eigenvalue weighted by atomic mass is 32.1. The zero-order valence-corrected chi connectivity index (χ0v) is 15.1. The molecule has 4 rings (SSSR count). The van der Waals surface area contributed by atoms with Gasteiger partial charge in [-0.15, -0.1) is 11.3 Å². The Labute approximate surface area is 154 Å². The molecule has 0 aliphatic rings. The van der Waals surface area contributed by atoms with E-state index in [-0.39, 0.29) is 12.3 Å². The number of aromatic nitrogens is 3. The number of amides is 1. The first-order valence-electron chi connectivity index (χ1n) is 8.38. The summed E-state index contributed by atoms with van der Waals surface area (Å²) in [6.07, 6.45) is 4.84. The molecule has 26 heavy (non-hydrogen) atoms. The molecule has 0 aliphatic carbocycles. The summed E-state index contributed by atoms with van der Waals surface area (Å²) >= 11 is 1.56. The van der Waals surface area contributed by atoms with Gasteiger partial charge in [0, 0.05) is 25.4 Å². The lowest BCUT2D eigenvalue weighted by molar-refractivity contribution is -0.120. The molecule has 6 nitrogen and oxygen atoms in total. The third-order valence-corrected chi connectivity index (χ3v) is 4.93. The van der Waals surface area contributed by atoms with Crippen molar-refractivity contribution >= 4 is 22.9 Å². The van der Waals surface area contributed by atoms with Gasteiger partial charge in [-0.25, -0.2) is 9.97 Å². The number of fused-ring (bicyclic) bond motifs is 1. The highest BCUT2D eigenvalue weighted by Gasteiger charge is 2.15. The smallest absolute Gasteiger partial charge is 0.236 e. The Hall–Kier alpha value is -2.93. The summed E-state index contributed by atoms with van der Waals surface area (Å²) in [5, 5.41) is 4.90. The minimum atomic E-state index is -0.0668. The summed E-state index contributed by atoms with van der Waals surface area (Å²) in [4.78, 5) is 22.2. The van der Waals surface area contributed by atoms with Crippen LogP contribution in [0.2, 0.25) is 0 Å². The quantitative estimate of drug-likeness (QED) is 0.568. The van der Waals surface area contributed by atoms with Crippen LogP contribution in [0, 0.1) is 6.92 Å². The van der Waals surface area contributed by atoms with Gasteiger partial charge in [0.1, 0.15) is 11.4 Å². The van der Waals surface area contributed by atoms with Crippen LogP contribution in [0.3, 0.4) is 0 Å². The van der Waals surface area contributed by atoms with Gasteiger partial charge >= 0.3 is 0 Å². The van der Waals surface area contributed by atoms with E-state index in [1.807, 2.05) is 59.4 Å². The van der Waals surface area contributed by atoms with Crippen LogP contribution in [0.5, 0.6) is 0 Å². The molecule has 0 spiro atoms. The van der Waals surface area contributed by atoms with Gasteiger partial charge in [0.15, 0.2) is 0 Å². The van der Waals surface area contributed by atoms with Gasteiger partial charge in [-0.2, -0.15) is 0 Å². The zero-order valence-electron chi connectivity index (χ0n) is 14.3. The van der Waals surface area contributed by atoms with Crippen LogP contribution in [0.1, 0.15) is 17.1 Å². The van der Waals surface area contributed by atoms with Gasteiger partial charge in [-0.1, -0.05) is 12.1 Å². The molecule has 7 heteroatoms. The van der Waals surface area contributed by atoms with E-state index in [0.717, 1.165) is 16.2 Å². The van der Waals surface area contributed by atoms with E-state index in [1.165, 1.54) is 0 Å². The summed E-state index contributed by atoms with van der Waals surface area (Å²) in [7, 11) is 0. The normalized spacial score (nSPS) is 11.1. The second kappa shape index (κ2) is 7.13. The minimum Gasteiger partial charge on any atom is -0.440 e. The van der Waals surface area contributed by atoms with Crippen molar-refractivity contribution in [3.63, 3.8) is 0 Å². The highest BCUT2D eigenvalue weighted by molar-refractivity contribution is 7.13. The Kier molecular flexibility index (Phi) is 4.53. The molecule has 0 bridgehead atoms. The van der Waals surface area contributed by atoms with Gasteiger partial charge in [-0.3, -0.25) is 4.79 Å². The molecule has 4 aromatic rings. The Bertz CT molecular complexity index is 1000. The second-order valence-corrected chi connectivity index (χ2v) is 6.92. The molecule has 0 saturated carbocycles. The first-order chi connectivity index (χ1) is 12.7. The maximum Gasteiger partial charge on any atom is 0.236 e. The van der Waals surface area contributed by atoms with E-state index in [1.54, 1.807) is 11.3 Å². The summed E-state index contributed by atoms with van der Waals surface area (Å²) in [6.45, 7) is 2.38. The zero-order chi connectivity index (χ0) is 17.9. The highest BCUT2D eigenvalue weighted by Crippen LogP contribution is 2.26.